The van der Waals surface area contributed by atoms with Gasteiger partial charge in [0, 0.05) is 12.6 Å². The molecule has 20 heavy (non-hydrogen) atoms. The molecule has 0 spiro atoms. The number of aliphatic carboxylic acids is 1. The number of rotatable bonds is 4. The molecule has 2 fully saturated rings. The molecule has 0 aromatic carbocycles. The molecular formula is C16H29NO3. The van der Waals surface area contributed by atoms with E-state index in [0.717, 1.165) is 51.8 Å². The molecule has 4 nitrogen and oxygen atoms in total. The van der Waals surface area contributed by atoms with Crippen LogP contribution < -0.4 is 0 Å². The summed E-state index contributed by atoms with van der Waals surface area (Å²) in [4.78, 5) is 14.0. The normalized spacial score (nSPS) is 31.4. The molecule has 0 aromatic rings. The number of carboxylic acid groups (broad SMARTS) is 1. The van der Waals surface area contributed by atoms with E-state index < -0.39 is 11.4 Å². The summed E-state index contributed by atoms with van der Waals surface area (Å²) in [5, 5.41) is 9.46. The summed E-state index contributed by atoms with van der Waals surface area (Å²) in [6, 6.07) is 0.583. The first-order valence-electron chi connectivity index (χ1n) is 8.07. The highest BCUT2D eigenvalue weighted by Crippen LogP contribution is 2.37. The van der Waals surface area contributed by atoms with Gasteiger partial charge in [0.2, 0.25) is 0 Å². The Kier molecular flexibility index (Phi) is 5.08. The van der Waals surface area contributed by atoms with Crippen molar-refractivity contribution in [2.45, 2.75) is 65.0 Å². The topological polar surface area (TPSA) is 49.8 Å². The second kappa shape index (κ2) is 6.44. The minimum absolute atomic E-state index is 0.367. The average molecular weight is 283 g/mol. The number of carbonyl (C=O) groups is 1. The number of hydrogen-bond donors (Lipinski definition) is 1. The molecule has 0 amide bonds. The predicted octanol–water partition coefficient (Wildman–Crippen LogP) is 2.77. The van der Waals surface area contributed by atoms with Crippen molar-refractivity contribution >= 4 is 5.97 Å². The summed E-state index contributed by atoms with van der Waals surface area (Å²) >= 11 is 0. The molecular weight excluding hydrogens is 254 g/mol. The van der Waals surface area contributed by atoms with E-state index in [9.17, 15) is 9.90 Å². The summed E-state index contributed by atoms with van der Waals surface area (Å²) in [5.74, 6) is -0.0389. The zero-order valence-electron chi connectivity index (χ0n) is 13.1. The van der Waals surface area contributed by atoms with Gasteiger partial charge in [-0.15, -0.1) is 0 Å². The lowest BCUT2D eigenvalue weighted by molar-refractivity contribution is -0.153. The van der Waals surface area contributed by atoms with Gasteiger partial charge >= 0.3 is 5.97 Å². The monoisotopic (exact) mass is 283 g/mol. The Labute approximate surface area is 122 Å². The lowest BCUT2D eigenvalue weighted by atomic mass is 9.75. The Morgan fingerprint density at radius 2 is 2.05 bits per heavy atom. The molecule has 0 radical (unpaired) electrons. The fourth-order valence-electron chi connectivity index (χ4n) is 3.64. The zero-order valence-corrected chi connectivity index (χ0v) is 13.1. The van der Waals surface area contributed by atoms with Crippen LogP contribution in [0.25, 0.3) is 0 Å². The second-order valence-corrected chi connectivity index (χ2v) is 6.81. The summed E-state index contributed by atoms with van der Waals surface area (Å²) in [6.07, 6.45) is 4.90. The van der Waals surface area contributed by atoms with E-state index in [-0.39, 0.29) is 0 Å². The summed E-state index contributed by atoms with van der Waals surface area (Å²) in [5.41, 5.74) is -0.473. The number of hydrogen-bond acceptors (Lipinski definition) is 3. The highest BCUT2D eigenvalue weighted by Gasteiger charge is 2.41. The second-order valence-electron chi connectivity index (χ2n) is 6.81. The third-order valence-corrected chi connectivity index (χ3v) is 5.43. The van der Waals surface area contributed by atoms with Crippen molar-refractivity contribution in [1.82, 2.24) is 4.90 Å². The Morgan fingerprint density at radius 1 is 1.40 bits per heavy atom. The van der Waals surface area contributed by atoms with Crippen LogP contribution >= 0.6 is 0 Å². The molecule has 4 heteroatoms. The number of likely N-dealkylation sites (tertiary alicyclic amines) is 1. The van der Waals surface area contributed by atoms with Crippen LogP contribution in [-0.2, 0) is 9.53 Å². The highest BCUT2D eigenvalue weighted by molar-refractivity contribution is 5.74. The number of carboxylic acids is 1. The van der Waals surface area contributed by atoms with Crippen molar-refractivity contribution in [2.24, 2.45) is 11.3 Å². The van der Waals surface area contributed by atoms with E-state index in [1.165, 1.54) is 0 Å². The van der Waals surface area contributed by atoms with Gasteiger partial charge in [-0.25, -0.2) is 0 Å². The van der Waals surface area contributed by atoms with Crippen LogP contribution in [0.1, 0.15) is 52.9 Å². The van der Waals surface area contributed by atoms with Crippen LogP contribution in [0.5, 0.6) is 0 Å². The van der Waals surface area contributed by atoms with Crippen molar-refractivity contribution in [1.29, 1.82) is 0 Å². The van der Waals surface area contributed by atoms with Crippen molar-refractivity contribution in [3.05, 3.63) is 0 Å². The van der Waals surface area contributed by atoms with Crippen LogP contribution in [0, 0.1) is 11.3 Å². The minimum atomic E-state index is -0.605. The van der Waals surface area contributed by atoms with Gasteiger partial charge in [-0.2, -0.15) is 0 Å². The highest BCUT2D eigenvalue weighted by atomic mass is 16.5. The fourth-order valence-corrected chi connectivity index (χ4v) is 3.64. The lowest BCUT2D eigenvalue weighted by Gasteiger charge is -2.44. The van der Waals surface area contributed by atoms with Gasteiger partial charge in [0.25, 0.3) is 0 Å². The van der Waals surface area contributed by atoms with Crippen LogP contribution in [0.15, 0.2) is 0 Å². The first-order valence-corrected chi connectivity index (χ1v) is 8.07. The largest absolute Gasteiger partial charge is 0.481 e. The molecule has 2 aliphatic heterocycles. The summed E-state index contributed by atoms with van der Waals surface area (Å²) in [7, 11) is 0. The van der Waals surface area contributed by atoms with Gasteiger partial charge in [0.15, 0.2) is 0 Å². The Morgan fingerprint density at radius 3 is 2.55 bits per heavy atom. The smallest absolute Gasteiger partial charge is 0.309 e. The molecule has 2 rings (SSSR count). The maximum Gasteiger partial charge on any atom is 0.309 e. The van der Waals surface area contributed by atoms with Gasteiger partial charge in [-0.1, -0.05) is 20.8 Å². The SMILES string of the molecule is CCC1(C(=O)O)CCN(C2CCOC(C(C)C)C2)CC1. The quantitative estimate of drug-likeness (QED) is 0.862. The molecule has 0 saturated carbocycles. The molecule has 0 bridgehead atoms. The van der Waals surface area contributed by atoms with E-state index in [0.29, 0.717) is 18.1 Å². The fraction of sp³-hybridized carbons (Fsp3) is 0.938. The summed E-state index contributed by atoms with van der Waals surface area (Å²) in [6.45, 7) is 9.14. The zero-order chi connectivity index (χ0) is 14.8. The molecule has 2 aliphatic rings. The van der Waals surface area contributed by atoms with E-state index in [1.54, 1.807) is 0 Å². The van der Waals surface area contributed by atoms with Gasteiger partial charge in [-0.3, -0.25) is 4.79 Å². The number of piperidine rings is 1. The van der Waals surface area contributed by atoms with Crippen LogP contribution in [-0.4, -0.2) is 47.8 Å². The Balaban J connectivity index is 1.92. The van der Waals surface area contributed by atoms with E-state index in [1.807, 2.05) is 6.92 Å². The van der Waals surface area contributed by atoms with E-state index in [4.69, 9.17) is 4.74 Å². The van der Waals surface area contributed by atoms with Crippen molar-refractivity contribution in [3.63, 3.8) is 0 Å². The molecule has 2 saturated heterocycles. The molecule has 0 aromatic heterocycles. The van der Waals surface area contributed by atoms with Crippen LogP contribution in [0.4, 0.5) is 0 Å². The maximum absolute atomic E-state index is 11.5. The van der Waals surface area contributed by atoms with E-state index in [2.05, 4.69) is 18.7 Å². The maximum atomic E-state index is 11.5. The Hall–Kier alpha value is -0.610. The first-order chi connectivity index (χ1) is 9.48. The van der Waals surface area contributed by atoms with Gasteiger partial charge < -0.3 is 14.7 Å². The standard InChI is InChI=1S/C16H29NO3/c1-4-16(15(18)19)6-8-17(9-7-16)13-5-10-20-14(11-13)12(2)3/h12-14H,4-11H2,1-3H3,(H,18,19). The summed E-state index contributed by atoms with van der Waals surface area (Å²) < 4.78 is 5.84. The van der Waals surface area contributed by atoms with Gasteiger partial charge in [-0.05, 0) is 51.1 Å². The Bertz CT molecular complexity index is 335. The van der Waals surface area contributed by atoms with Gasteiger partial charge in [0.1, 0.15) is 0 Å². The molecule has 2 heterocycles. The van der Waals surface area contributed by atoms with Crippen molar-refractivity contribution in [3.8, 4) is 0 Å². The lowest BCUT2D eigenvalue weighted by Crippen LogP contribution is -2.50. The molecule has 1 N–H and O–H groups in total. The molecule has 2 atom stereocenters. The molecule has 0 aliphatic carbocycles. The average Bonchev–Trinajstić information content (AvgIpc) is 2.47. The van der Waals surface area contributed by atoms with E-state index >= 15 is 0 Å². The van der Waals surface area contributed by atoms with Crippen LogP contribution in [0.2, 0.25) is 0 Å². The van der Waals surface area contributed by atoms with Crippen LogP contribution in [0.3, 0.4) is 0 Å². The predicted molar refractivity (Wildman–Crippen MR) is 78.8 cm³/mol. The van der Waals surface area contributed by atoms with Gasteiger partial charge in [0.05, 0.1) is 11.5 Å². The molecule has 116 valence electrons. The number of ether oxygens (including phenoxy) is 1. The third kappa shape index (κ3) is 3.17. The minimum Gasteiger partial charge on any atom is -0.481 e. The number of nitrogens with zero attached hydrogens (tertiary/aromatic N) is 1. The van der Waals surface area contributed by atoms with Crippen molar-refractivity contribution in [2.75, 3.05) is 19.7 Å². The first kappa shape index (κ1) is 15.8. The third-order valence-electron chi connectivity index (χ3n) is 5.43. The van der Waals surface area contributed by atoms with Crippen molar-refractivity contribution < 1.29 is 14.6 Å². The molecule has 2 unspecified atom stereocenters.